The first-order valence-electron chi connectivity index (χ1n) is 3.46. The summed E-state index contributed by atoms with van der Waals surface area (Å²) in [7, 11) is 0. The molecule has 0 bridgehead atoms. The van der Waals surface area contributed by atoms with Crippen molar-refractivity contribution in [1.29, 1.82) is 5.26 Å². The van der Waals surface area contributed by atoms with Gasteiger partial charge in [-0.3, -0.25) is 0 Å². The summed E-state index contributed by atoms with van der Waals surface area (Å²) in [5, 5.41) is 8.53. The molecule has 1 saturated heterocycles. The van der Waals surface area contributed by atoms with Gasteiger partial charge in [-0.25, -0.2) is 0 Å². The fraction of sp³-hybridized carbons (Fsp3) is 0.857. The van der Waals surface area contributed by atoms with Crippen LogP contribution in [0.2, 0.25) is 0 Å². The van der Waals surface area contributed by atoms with Crippen LogP contribution in [-0.4, -0.2) is 18.0 Å². The number of nitrogens with zero attached hydrogens (tertiary/aromatic N) is 1. The Morgan fingerprint density at radius 3 is 3.00 bits per heavy atom. The van der Waals surface area contributed by atoms with Gasteiger partial charge in [-0.1, -0.05) is 15.9 Å². The zero-order chi connectivity index (χ0) is 7.40. The van der Waals surface area contributed by atoms with Gasteiger partial charge in [0, 0.05) is 12.5 Å². The highest BCUT2D eigenvalue weighted by Crippen LogP contribution is 2.21. The SMILES string of the molecule is N#CC(Br)C1CCCOC1. The molecule has 0 amide bonds. The summed E-state index contributed by atoms with van der Waals surface area (Å²) < 4.78 is 5.22. The first-order valence-corrected chi connectivity index (χ1v) is 4.37. The highest BCUT2D eigenvalue weighted by Gasteiger charge is 2.21. The summed E-state index contributed by atoms with van der Waals surface area (Å²) in [4.78, 5) is -0.0206. The van der Waals surface area contributed by atoms with Crippen LogP contribution in [0.3, 0.4) is 0 Å². The van der Waals surface area contributed by atoms with Crippen molar-refractivity contribution in [2.75, 3.05) is 13.2 Å². The zero-order valence-corrected chi connectivity index (χ0v) is 7.30. The predicted octanol–water partition coefficient (Wildman–Crippen LogP) is 1.70. The molecule has 1 aliphatic rings. The molecule has 0 radical (unpaired) electrons. The minimum absolute atomic E-state index is 0.0206. The maximum absolute atomic E-state index is 8.53. The number of ether oxygens (including phenoxy) is 1. The van der Waals surface area contributed by atoms with E-state index in [9.17, 15) is 0 Å². The predicted molar refractivity (Wildman–Crippen MR) is 41.9 cm³/mol. The highest BCUT2D eigenvalue weighted by molar-refractivity contribution is 9.09. The Morgan fingerprint density at radius 1 is 1.70 bits per heavy atom. The van der Waals surface area contributed by atoms with Gasteiger partial charge in [-0.15, -0.1) is 0 Å². The number of rotatable bonds is 1. The van der Waals surface area contributed by atoms with Gasteiger partial charge >= 0.3 is 0 Å². The van der Waals surface area contributed by atoms with E-state index in [-0.39, 0.29) is 4.83 Å². The van der Waals surface area contributed by atoms with Gasteiger partial charge in [0.15, 0.2) is 0 Å². The van der Waals surface area contributed by atoms with Crippen molar-refractivity contribution in [1.82, 2.24) is 0 Å². The number of nitriles is 1. The molecule has 10 heavy (non-hydrogen) atoms. The number of halogens is 1. The lowest BCUT2D eigenvalue weighted by atomic mass is 9.99. The molecule has 3 heteroatoms. The van der Waals surface area contributed by atoms with Crippen LogP contribution in [0.5, 0.6) is 0 Å². The molecule has 56 valence electrons. The van der Waals surface area contributed by atoms with Crippen molar-refractivity contribution in [3.8, 4) is 6.07 Å². The molecule has 1 fully saturated rings. The lowest BCUT2D eigenvalue weighted by Crippen LogP contribution is -2.24. The number of alkyl halides is 1. The number of hydrogen-bond acceptors (Lipinski definition) is 2. The molecule has 1 heterocycles. The van der Waals surface area contributed by atoms with E-state index in [1.54, 1.807) is 0 Å². The maximum Gasteiger partial charge on any atom is 0.106 e. The second-order valence-corrected chi connectivity index (χ2v) is 3.49. The van der Waals surface area contributed by atoms with Gasteiger partial charge in [-0.2, -0.15) is 5.26 Å². The van der Waals surface area contributed by atoms with Crippen LogP contribution in [0.4, 0.5) is 0 Å². The smallest absolute Gasteiger partial charge is 0.106 e. The van der Waals surface area contributed by atoms with Crippen LogP contribution in [0.1, 0.15) is 12.8 Å². The molecule has 0 aromatic carbocycles. The molecule has 0 spiro atoms. The Kier molecular flexibility index (Phi) is 3.17. The van der Waals surface area contributed by atoms with Crippen molar-refractivity contribution in [3.05, 3.63) is 0 Å². The lowest BCUT2D eigenvalue weighted by molar-refractivity contribution is 0.0589. The molecule has 1 rings (SSSR count). The quantitative estimate of drug-likeness (QED) is 0.609. The molecule has 0 saturated carbocycles. The van der Waals surface area contributed by atoms with Crippen LogP contribution in [0, 0.1) is 17.2 Å². The lowest BCUT2D eigenvalue weighted by Gasteiger charge is -2.22. The van der Waals surface area contributed by atoms with Gasteiger partial charge in [0.2, 0.25) is 0 Å². The van der Waals surface area contributed by atoms with E-state index in [0.29, 0.717) is 5.92 Å². The third kappa shape index (κ3) is 1.96. The molecule has 2 atom stereocenters. The fourth-order valence-electron chi connectivity index (χ4n) is 1.10. The second kappa shape index (κ2) is 3.95. The molecule has 0 aromatic rings. The van der Waals surface area contributed by atoms with Gasteiger partial charge in [0.05, 0.1) is 12.7 Å². The van der Waals surface area contributed by atoms with E-state index in [1.807, 2.05) is 0 Å². The summed E-state index contributed by atoms with van der Waals surface area (Å²) in [5.74, 6) is 0.402. The van der Waals surface area contributed by atoms with Gasteiger partial charge in [0.25, 0.3) is 0 Å². The average molecular weight is 204 g/mol. The molecule has 2 unspecified atom stereocenters. The third-order valence-corrected chi connectivity index (χ3v) is 2.69. The highest BCUT2D eigenvalue weighted by atomic mass is 79.9. The monoisotopic (exact) mass is 203 g/mol. The first kappa shape index (κ1) is 8.03. The van der Waals surface area contributed by atoms with E-state index in [2.05, 4.69) is 22.0 Å². The maximum atomic E-state index is 8.53. The summed E-state index contributed by atoms with van der Waals surface area (Å²) >= 11 is 3.30. The minimum atomic E-state index is -0.0206. The third-order valence-electron chi connectivity index (χ3n) is 1.73. The van der Waals surface area contributed by atoms with Crippen LogP contribution < -0.4 is 0 Å². The van der Waals surface area contributed by atoms with E-state index in [0.717, 1.165) is 26.1 Å². The molecular formula is C7H10BrNO. The molecular weight excluding hydrogens is 194 g/mol. The Hall–Kier alpha value is -0.0700. The summed E-state index contributed by atoms with van der Waals surface area (Å²) in [6.07, 6.45) is 2.21. The van der Waals surface area contributed by atoms with E-state index >= 15 is 0 Å². The Balaban J connectivity index is 2.33. The van der Waals surface area contributed by atoms with Gasteiger partial charge < -0.3 is 4.74 Å². The van der Waals surface area contributed by atoms with Crippen molar-refractivity contribution in [2.45, 2.75) is 17.7 Å². The standard InChI is InChI=1S/C7H10BrNO/c8-7(4-9)6-2-1-3-10-5-6/h6-7H,1-3,5H2. The van der Waals surface area contributed by atoms with Crippen molar-refractivity contribution >= 4 is 15.9 Å². The molecule has 0 aromatic heterocycles. The number of hydrogen-bond donors (Lipinski definition) is 0. The van der Waals surface area contributed by atoms with Crippen LogP contribution >= 0.6 is 15.9 Å². The first-order chi connectivity index (χ1) is 4.84. The van der Waals surface area contributed by atoms with Gasteiger partial charge in [-0.05, 0) is 12.8 Å². The fourth-order valence-corrected chi connectivity index (χ4v) is 1.52. The van der Waals surface area contributed by atoms with Crippen molar-refractivity contribution < 1.29 is 4.74 Å². The molecule has 2 nitrogen and oxygen atoms in total. The van der Waals surface area contributed by atoms with Crippen molar-refractivity contribution in [3.63, 3.8) is 0 Å². The zero-order valence-electron chi connectivity index (χ0n) is 5.72. The topological polar surface area (TPSA) is 33.0 Å². The Morgan fingerprint density at radius 2 is 2.50 bits per heavy atom. The summed E-state index contributed by atoms with van der Waals surface area (Å²) in [5.41, 5.74) is 0. The van der Waals surface area contributed by atoms with Crippen LogP contribution in [0.25, 0.3) is 0 Å². The van der Waals surface area contributed by atoms with Crippen LogP contribution in [-0.2, 0) is 4.74 Å². The normalized spacial score (nSPS) is 29.0. The van der Waals surface area contributed by atoms with Crippen LogP contribution in [0.15, 0.2) is 0 Å². The molecule has 0 N–H and O–H groups in total. The summed E-state index contributed by atoms with van der Waals surface area (Å²) in [6.45, 7) is 1.60. The molecule has 0 aliphatic carbocycles. The minimum Gasteiger partial charge on any atom is -0.381 e. The van der Waals surface area contributed by atoms with E-state index in [1.165, 1.54) is 0 Å². The Labute approximate surface area is 69.3 Å². The van der Waals surface area contributed by atoms with Crippen molar-refractivity contribution in [2.24, 2.45) is 5.92 Å². The van der Waals surface area contributed by atoms with E-state index in [4.69, 9.17) is 10.00 Å². The summed E-state index contributed by atoms with van der Waals surface area (Å²) in [6, 6.07) is 2.17. The second-order valence-electron chi connectivity index (χ2n) is 2.51. The average Bonchev–Trinajstić information content (AvgIpc) is 2.05. The largest absolute Gasteiger partial charge is 0.381 e. The Bertz CT molecular complexity index is 137. The molecule has 1 aliphatic heterocycles. The van der Waals surface area contributed by atoms with Gasteiger partial charge in [0.1, 0.15) is 4.83 Å². The van der Waals surface area contributed by atoms with E-state index < -0.39 is 0 Å².